The lowest BCUT2D eigenvalue weighted by Gasteiger charge is -2.18. The molecule has 0 aliphatic rings. The molecule has 0 bridgehead atoms. The van der Waals surface area contributed by atoms with E-state index in [0.29, 0.717) is 6.04 Å². The Kier molecular flexibility index (Phi) is 4.67. The highest BCUT2D eigenvalue weighted by atomic mass is 14.9. The van der Waals surface area contributed by atoms with Gasteiger partial charge in [-0.15, -0.1) is 0 Å². The van der Waals surface area contributed by atoms with Gasteiger partial charge in [-0.2, -0.15) is 0 Å². The maximum Gasteiger partial charge on any atom is 0.0462 e. The SMILES string of the molecule is C=C(CC)NC(CC)C(=C)C. The van der Waals surface area contributed by atoms with Gasteiger partial charge < -0.3 is 5.32 Å². The molecule has 0 saturated heterocycles. The molecule has 64 valence electrons. The summed E-state index contributed by atoms with van der Waals surface area (Å²) in [6.07, 6.45) is 2.07. The van der Waals surface area contributed by atoms with Crippen LogP contribution in [0.5, 0.6) is 0 Å². The minimum absolute atomic E-state index is 0.405. The monoisotopic (exact) mass is 153 g/mol. The number of rotatable bonds is 5. The molecule has 1 N–H and O–H groups in total. The first kappa shape index (κ1) is 10.3. The molecule has 0 aromatic carbocycles. The zero-order valence-corrected chi connectivity index (χ0v) is 7.91. The van der Waals surface area contributed by atoms with E-state index >= 15 is 0 Å². The second-order valence-electron chi connectivity index (χ2n) is 2.91. The minimum atomic E-state index is 0.405. The van der Waals surface area contributed by atoms with Crippen LogP contribution in [0.3, 0.4) is 0 Å². The van der Waals surface area contributed by atoms with Gasteiger partial charge in [0, 0.05) is 11.7 Å². The predicted molar refractivity (Wildman–Crippen MR) is 51.5 cm³/mol. The number of allylic oxidation sites excluding steroid dienone is 1. The van der Waals surface area contributed by atoms with Crippen molar-refractivity contribution in [1.29, 1.82) is 0 Å². The molecular formula is C10H19N. The normalized spacial score (nSPS) is 12.3. The predicted octanol–water partition coefficient (Wildman–Crippen LogP) is 2.85. The molecule has 0 rings (SSSR count). The molecule has 1 heteroatoms. The van der Waals surface area contributed by atoms with E-state index in [1.807, 2.05) is 6.92 Å². The van der Waals surface area contributed by atoms with Crippen molar-refractivity contribution in [3.8, 4) is 0 Å². The van der Waals surface area contributed by atoms with E-state index in [0.717, 1.165) is 18.5 Å². The third kappa shape index (κ3) is 3.87. The second kappa shape index (κ2) is 5.00. The molecule has 0 saturated carbocycles. The third-order valence-electron chi connectivity index (χ3n) is 1.81. The maximum absolute atomic E-state index is 3.91. The zero-order chi connectivity index (χ0) is 8.85. The Bertz CT molecular complexity index is 147. The van der Waals surface area contributed by atoms with Crippen molar-refractivity contribution in [1.82, 2.24) is 5.32 Å². The highest BCUT2D eigenvalue weighted by Crippen LogP contribution is 2.05. The fourth-order valence-electron chi connectivity index (χ4n) is 0.922. The summed E-state index contributed by atoms with van der Waals surface area (Å²) in [5, 5.41) is 3.32. The first-order chi connectivity index (χ1) is 5.11. The van der Waals surface area contributed by atoms with Crippen LogP contribution in [-0.2, 0) is 0 Å². The lowest BCUT2D eigenvalue weighted by Crippen LogP contribution is -2.27. The Morgan fingerprint density at radius 1 is 1.36 bits per heavy atom. The van der Waals surface area contributed by atoms with E-state index in [2.05, 4.69) is 32.3 Å². The lowest BCUT2D eigenvalue weighted by molar-refractivity contribution is 0.609. The van der Waals surface area contributed by atoms with Gasteiger partial charge in [0.15, 0.2) is 0 Å². The summed E-state index contributed by atoms with van der Waals surface area (Å²) in [5.74, 6) is 0. The quantitative estimate of drug-likeness (QED) is 0.599. The topological polar surface area (TPSA) is 12.0 Å². The van der Waals surface area contributed by atoms with Gasteiger partial charge in [0.25, 0.3) is 0 Å². The smallest absolute Gasteiger partial charge is 0.0462 e. The molecule has 0 aromatic rings. The Balaban J connectivity index is 3.88. The summed E-state index contributed by atoms with van der Waals surface area (Å²) >= 11 is 0. The number of hydrogen-bond donors (Lipinski definition) is 1. The standard InChI is InChI=1S/C10H19N/c1-6-9(5)11-10(7-2)8(3)4/h10-11H,3,5-7H2,1-2,4H3. The van der Waals surface area contributed by atoms with E-state index in [4.69, 9.17) is 0 Å². The van der Waals surface area contributed by atoms with E-state index < -0.39 is 0 Å². The highest BCUT2D eigenvalue weighted by molar-refractivity contribution is 5.06. The lowest BCUT2D eigenvalue weighted by atomic mass is 10.1. The summed E-state index contributed by atoms with van der Waals surface area (Å²) in [5.41, 5.74) is 2.28. The van der Waals surface area contributed by atoms with Gasteiger partial charge in [0.1, 0.15) is 0 Å². The first-order valence-corrected chi connectivity index (χ1v) is 4.21. The third-order valence-corrected chi connectivity index (χ3v) is 1.81. The van der Waals surface area contributed by atoms with Crippen LogP contribution < -0.4 is 5.32 Å². The van der Waals surface area contributed by atoms with Crippen molar-refractivity contribution in [3.05, 3.63) is 24.4 Å². The first-order valence-electron chi connectivity index (χ1n) is 4.21. The largest absolute Gasteiger partial charge is 0.382 e. The van der Waals surface area contributed by atoms with Crippen molar-refractivity contribution in [2.24, 2.45) is 0 Å². The zero-order valence-electron chi connectivity index (χ0n) is 7.91. The maximum atomic E-state index is 3.91. The molecule has 0 amide bonds. The Hall–Kier alpha value is -0.720. The molecule has 0 aliphatic heterocycles. The van der Waals surface area contributed by atoms with Crippen molar-refractivity contribution in [2.75, 3.05) is 0 Å². The van der Waals surface area contributed by atoms with Crippen molar-refractivity contribution >= 4 is 0 Å². The summed E-state index contributed by atoms with van der Waals surface area (Å²) in [6, 6.07) is 0.405. The van der Waals surface area contributed by atoms with E-state index in [1.54, 1.807) is 0 Å². The van der Waals surface area contributed by atoms with Crippen LogP contribution in [0.25, 0.3) is 0 Å². The van der Waals surface area contributed by atoms with Crippen molar-refractivity contribution < 1.29 is 0 Å². The van der Waals surface area contributed by atoms with Crippen molar-refractivity contribution in [2.45, 2.75) is 39.7 Å². The molecule has 0 aromatic heterocycles. The Morgan fingerprint density at radius 3 is 2.18 bits per heavy atom. The van der Waals surface area contributed by atoms with E-state index in [-0.39, 0.29) is 0 Å². The van der Waals surface area contributed by atoms with E-state index in [9.17, 15) is 0 Å². The van der Waals surface area contributed by atoms with Gasteiger partial charge in [-0.25, -0.2) is 0 Å². The van der Waals surface area contributed by atoms with Gasteiger partial charge >= 0.3 is 0 Å². The molecule has 0 spiro atoms. The molecule has 11 heavy (non-hydrogen) atoms. The van der Waals surface area contributed by atoms with Gasteiger partial charge in [0.2, 0.25) is 0 Å². The Morgan fingerprint density at radius 2 is 1.91 bits per heavy atom. The van der Waals surface area contributed by atoms with Crippen LogP contribution in [-0.4, -0.2) is 6.04 Å². The van der Waals surface area contributed by atoms with Gasteiger partial charge in [0.05, 0.1) is 0 Å². The molecule has 1 nitrogen and oxygen atoms in total. The summed E-state index contributed by atoms with van der Waals surface area (Å²) in [4.78, 5) is 0. The van der Waals surface area contributed by atoms with Crippen LogP contribution in [0.4, 0.5) is 0 Å². The van der Waals surface area contributed by atoms with Gasteiger partial charge in [-0.05, 0) is 19.8 Å². The van der Waals surface area contributed by atoms with E-state index in [1.165, 1.54) is 5.57 Å². The number of hydrogen-bond acceptors (Lipinski definition) is 1. The van der Waals surface area contributed by atoms with Crippen LogP contribution in [0.2, 0.25) is 0 Å². The minimum Gasteiger partial charge on any atom is -0.382 e. The van der Waals surface area contributed by atoms with Crippen LogP contribution in [0.15, 0.2) is 24.4 Å². The molecule has 1 atom stereocenters. The summed E-state index contributed by atoms with van der Waals surface area (Å²) in [6.45, 7) is 14.1. The summed E-state index contributed by atoms with van der Waals surface area (Å²) < 4.78 is 0. The average Bonchev–Trinajstić information content (AvgIpc) is 1.99. The molecular weight excluding hydrogens is 134 g/mol. The molecule has 0 fully saturated rings. The van der Waals surface area contributed by atoms with Gasteiger partial charge in [-0.1, -0.05) is 32.6 Å². The second-order valence-corrected chi connectivity index (χ2v) is 2.91. The van der Waals surface area contributed by atoms with Crippen molar-refractivity contribution in [3.63, 3.8) is 0 Å². The fourth-order valence-corrected chi connectivity index (χ4v) is 0.922. The van der Waals surface area contributed by atoms with Gasteiger partial charge in [-0.3, -0.25) is 0 Å². The summed E-state index contributed by atoms with van der Waals surface area (Å²) in [7, 11) is 0. The highest BCUT2D eigenvalue weighted by Gasteiger charge is 2.04. The van der Waals surface area contributed by atoms with Crippen LogP contribution in [0.1, 0.15) is 33.6 Å². The Labute approximate surface area is 70.2 Å². The van der Waals surface area contributed by atoms with Crippen LogP contribution >= 0.6 is 0 Å². The molecule has 0 radical (unpaired) electrons. The fraction of sp³-hybridized carbons (Fsp3) is 0.600. The van der Waals surface area contributed by atoms with Crippen LogP contribution in [0, 0.1) is 0 Å². The molecule has 0 heterocycles. The molecule has 1 unspecified atom stereocenters. The number of nitrogens with one attached hydrogen (secondary N) is 1. The average molecular weight is 153 g/mol. The molecule has 0 aliphatic carbocycles.